The van der Waals surface area contributed by atoms with Crippen LogP contribution in [0.4, 0.5) is 49.7 Å². The first-order valence-electron chi connectivity index (χ1n) is 21.3. The predicted molar refractivity (Wildman–Crippen MR) is 248 cm³/mol. The van der Waals surface area contributed by atoms with Crippen molar-refractivity contribution in [1.82, 2.24) is 35.6 Å². The number of anilines is 1. The third-order valence-corrected chi connectivity index (χ3v) is 13.6. The molecular weight excluding hydrogens is 1000 g/mol. The molecule has 3 atom stereocenters. The number of allylic oxidation sites excluding steroid dienone is 2. The molecule has 3 heterocycles. The number of pyridine rings is 1. The number of nitrogens with one attached hydrogen (secondary N) is 4. The summed E-state index contributed by atoms with van der Waals surface area (Å²) >= 11 is 5.91. The van der Waals surface area contributed by atoms with Crippen LogP contribution < -0.4 is 20.3 Å². The zero-order valence-corrected chi connectivity index (χ0v) is 40.4. The number of hydrogen-bond acceptors (Lipinski definition) is 10. The third-order valence-electron chi connectivity index (χ3n) is 11.3. The molecule has 2 amide bonds. The SMILES string of the molecule is CSC(C)(C)C#Cc1ccc(-c2ccc(Cl)c3c(N(C(=O)CN4CCNCC4)[S+](C)[O-])nn(CC(F)(F)F)c23)c(C(Cc2cc(F)cc(F)c2)NC(=O)CNC2=C(C(=N)C(F)(F)F)[C@@H](C)CC2(F)F)n1. The summed E-state index contributed by atoms with van der Waals surface area (Å²) in [5.74, 6) is -3.97. The Labute approximate surface area is 408 Å². The lowest BCUT2D eigenvalue weighted by atomic mass is 9.93. The number of amides is 2. The maximum atomic E-state index is 15.3. The van der Waals surface area contributed by atoms with Gasteiger partial charge < -0.3 is 20.5 Å². The second kappa shape index (κ2) is 21.3. The number of benzene rings is 2. The Morgan fingerprint density at radius 2 is 1.71 bits per heavy atom. The second-order valence-electron chi connectivity index (χ2n) is 17.1. The van der Waals surface area contributed by atoms with E-state index in [4.69, 9.17) is 22.0 Å². The number of thioether (sulfide) groups is 1. The van der Waals surface area contributed by atoms with Crippen molar-refractivity contribution in [2.75, 3.05) is 56.1 Å². The van der Waals surface area contributed by atoms with Gasteiger partial charge in [-0.3, -0.25) is 24.6 Å². The summed E-state index contributed by atoms with van der Waals surface area (Å²) in [6.07, 6.45) is -9.01. The standard InChI is InChI=1S/C45H46ClF10N9O3S2/c1-24-20-43(49,50)40(35(24)39(57)45(54,55)56)59-21-33(66)61-32(18-25-16-26(47)19-27(48)17-25)37-29(7-6-28(60-37)10-11-42(2,3)69-4)30-8-9-31(46)36-38(30)64(23-44(51,52)53)62-41(36)65(70(5)68)34(67)22-63-14-12-58-13-15-63/h6-9,16-17,19,24,32,57-59H,12-15,18,20-23H2,1-5H3,(H,61,66)/t24-,32?,70?/m0/s1. The Morgan fingerprint density at radius 1 is 1.07 bits per heavy atom. The molecule has 378 valence electrons. The second-order valence-corrected chi connectivity index (χ2v) is 20.1. The Bertz CT molecular complexity index is 2730. The number of hydrogen-bond donors (Lipinski definition) is 4. The van der Waals surface area contributed by atoms with Gasteiger partial charge in [0.2, 0.25) is 11.7 Å². The molecular formula is C45H46ClF10N9O3S2. The third kappa shape index (κ3) is 12.9. The molecule has 2 aromatic heterocycles. The van der Waals surface area contributed by atoms with Crippen molar-refractivity contribution in [3.63, 3.8) is 0 Å². The van der Waals surface area contributed by atoms with E-state index >= 15 is 8.78 Å². The smallest absolute Gasteiger partial charge is 0.433 e. The van der Waals surface area contributed by atoms with Crippen LogP contribution in [0.3, 0.4) is 0 Å². The van der Waals surface area contributed by atoms with Gasteiger partial charge in [-0.25, -0.2) is 13.8 Å². The first-order chi connectivity index (χ1) is 32.6. The maximum Gasteiger partial charge on any atom is 0.433 e. The van der Waals surface area contributed by atoms with Crippen LogP contribution in [-0.4, -0.2) is 117 Å². The van der Waals surface area contributed by atoms with Gasteiger partial charge in [0.25, 0.3) is 11.8 Å². The van der Waals surface area contributed by atoms with E-state index in [1.54, 1.807) is 25.0 Å². The molecule has 0 bridgehead atoms. The molecule has 25 heteroatoms. The largest absolute Gasteiger partial charge is 0.593 e. The van der Waals surface area contributed by atoms with Gasteiger partial charge in [-0.1, -0.05) is 30.5 Å². The molecule has 4 N–H and O–H groups in total. The van der Waals surface area contributed by atoms with E-state index in [9.17, 15) is 49.3 Å². The number of halogens is 11. The molecule has 1 fully saturated rings. The van der Waals surface area contributed by atoms with E-state index in [0.717, 1.165) is 29.6 Å². The lowest BCUT2D eigenvalue weighted by Crippen LogP contribution is -2.49. The number of nitrogens with zero attached hydrogens (tertiary/aromatic N) is 5. The van der Waals surface area contributed by atoms with E-state index in [2.05, 4.69) is 32.9 Å². The van der Waals surface area contributed by atoms with Crippen LogP contribution in [0, 0.1) is 34.8 Å². The van der Waals surface area contributed by atoms with Crippen molar-refractivity contribution in [3.05, 3.63) is 87.3 Å². The number of rotatable bonds is 15. The summed E-state index contributed by atoms with van der Waals surface area (Å²) in [6.45, 7) is 3.40. The van der Waals surface area contributed by atoms with Crippen LogP contribution in [0.25, 0.3) is 22.0 Å². The lowest BCUT2D eigenvalue weighted by Gasteiger charge is -2.28. The van der Waals surface area contributed by atoms with E-state index in [1.807, 2.05) is 0 Å². The van der Waals surface area contributed by atoms with E-state index in [-0.39, 0.29) is 50.5 Å². The van der Waals surface area contributed by atoms with Gasteiger partial charge in [0.05, 0.1) is 62.6 Å². The normalized spacial score (nSPS) is 17.5. The monoisotopic (exact) mass is 1050 g/mol. The molecule has 6 rings (SSSR count). The minimum absolute atomic E-state index is 0.0180. The Morgan fingerprint density at radius 3 is 2.31 bits per heavy atom. The van der Waals surface area contributed by atoms with Gasteiger partial charge in [0.1, 0.15) is 35.8 Å². The van der Waals surface area contributed by atoms with Gasteiger partial charge in [-0.05, 0) is 74.3 Å². The summed E-state index contributed by atoms with van der Waals surface area (Å²) in [5, 5.41) is 19.1. The summed E-state index contributed by atoms with van der Waals surface area (Å²) in [6, 6.07) is 6.14. The van der Waals surface area contributed by atoms with Gasteiger partial charge >= 0.3 is 12.4 Å². The molecule has 0 radical (unpaired) electrons. The van der Waals surface area contributed by atoms with Crippen molar-refractivity contribution in [3.8, 4) is 23.0 Å². The van der Waals surface area contributed by atoms with Gasteiger partial charge in [-0.15, -0.1) is 21.2 Å². The van der Waals surface area contributed by atoms with Crippen molar-refractivity contribution in [2.24, 2.45) is 5.92 Å². The van der Waals surface area contributed by atoms with Crippen LogP contribution in [0.2, 0.25) is 5.02 Å². The van der Waals surface area contributed by atoms with Crippen LogP contribution in [0.5, 0.6) is 0 Å². The van der Waals surface area contributed by atoms with Gasteiger partial charge in [0, 0.05) is 55.4 Å². The first kappa shape index (κ1) is 54.3. The Kier molecular flexibility index (Phi) is 16.5. The molecule has 2 aromatic carbocycles. The van der Waals surface area contributed by atoms with Gasteiger partial charge in [-0.2, -0.15) is 35.1 Å². The number of aromatic nitrogens is 3. The molecule has 0 saturated carbocycles. The van der Waals surface area contributed by atoms with Crippen LogP contribution in [-0.2, 0) is 33.9 Å². The Balaban J connectivity index is 1.57. The average molecular weight is 1050 g/mol. The lowest BCUT2D eigenvalue weighted by molar-refractivity contribution is -0.141. The van der Waals surface area contributed by atoms with E-state index in [0.29, 0.717) is 36.9 Å². The summed E-state index contributed by atoms with van der Waals surface area (Å²) in [5.41, 5.74) is -5.27. The highest BCUT2D eigenvalue weighted by Gasteiger charge is 2.51. The number of fused-ring (bicyclic) bond motifs is 1. The fourth-order valence-corrected chi connectivity index (χ4v) is 9.20. The number of piperazine rings is 1. The van der Waals surface area contributed by atoms with Crippen molar-refractivity contribution in [1.29, 1.82) is 5.41 Å². The molecule has 0 spiro atoms. The molecule has 1 aliphatic heterocycles. The molecule has 12 nitrogen and oxygen atoms in total. The maximum absolute atomic E-state index is 15.3. The molecule has 2 unspecified atom stereocenters. The number of alkyl halides is 8. The summed E-state index contributed by atoms with van der Waals surface area (Å²) in [4.78, 5) is 34.4. The van der Waals surface area contributed by atoms with Crippen LogP contribution in [0.1, 0.15) is 50.2 Å². The molecule has 1 aliphatic carbocycles. The van der Waals surface area contributed by atoms with Gasteiger partial charge in [0.15, 0.2) is 0 Å². The minimum Gasteiger partial charge on any atom is -0.593 e. The zero-order chi connectivity index (χ0) is 51.7. The van der Waals surface area contributed by atoms with E-state index in [1.165, 1.54) is 36.0 Å². The number of carbonyl (C=O) groups excluding carboxylic acids is 2. The summed E-state index contributed by atoms with van der Waals surface area (Å²) in [7, 11) is 0. The highest BCUT2D eigenvalue weighted by molar-refractivity contribution is 8.00. The quantitative estimate of drug-likeness (QED) is 0.0400. The van der Waals surface area contributed by atoms with Crippen molar-refractivity contribution in [2.45, 2.75) is 69.2 Å². The van der Waals surface area contributed by atoms with Crippen molar-refractivity contribution >= 4 is 69.0 Å². The topological polar surface area (TPSA) is 154 Å². The highest BCUT2D eigenvalue weighted by atomic mass is 35.5. The minimum atomic E-state index is -5.32. The molecule has 70 heavy (non-hydrogen) atoms. The first-order valence-corrected chi connectivity index (χ1v) is 24.4. The summed E-state index contributed by atoms with van der Waals surface area (Å²) < 4.78 is 159. The molecule has 4 aromatic rings. The Hall–Kier alpha value is -5.06. The van der Waals surface area contributed by atoms with Crippen LogP contribution >= 0.6 is 23.4 Å². The van der Waals surface area contributed by atoms with Crippen LogP contribution in [0.15, 0.2) is 53.7 Å². The zero-order valence-electron chi connectivity index (χ0n) is 38.0. The highest BCUT2D eigenvalue weighted by Crippen LogP contribution is 2.46. The molecule has 2 aliphatic rings. The fourth-order valence-electron chi connectivity index (χ4n) is 8.09. The molecule has 1 saturated heterocycles. The van der Waals surface area contributed by atoms with E-state index < -0.39 is 119 Å². The van der Waals surface area contributed by atoms with Crippen molar-refractivity contribution < 1.29 is 58.0 Å². The average Bonchev–Trinajstić information content (AvgIpc) is 3.72. The fraction of sp³-hybridized carbons (Fsp3) is 0.444. The predicted octanol–water partition coefficient (Wildman–Crippen LogP) is 8.12. The number of carbonyl (C=O) groups is 2.